The summed E-state index contributed by atoms with van der Waals surface area (Å²) in [6, 6.07) is 14.0. The minimum atomic E-state index is -0.00102. The molecule has 2 aromatic heterocycles. The molecule has 1 N–H and O–H groups in total. The van der Waals surface area contributed by atoms with Gasteiger partial charge in [-0.1, -0.05) is 49.0 Å². The summed E-state index contributed by atoms with van der Waals surface area (Å²) in [5, 5.41) is 12.3. The number of aromatic nitrogens is 4. The van der Waals surface area contributed by atoms with Crippen LogP contribution in [0.5, 0.6) is 0 Å². The van der Waals surface area contributed by atoms with Gasteiger partial charge in [0.25, 0.3) is 0 Å². The van der Waals surface area contributed by atoms with Gasteiger partial charge in [0.2, 0.25) is 5.91 Å². The van der Waals surface area contributed by atoms with Crippen LogP contribution in [0.3, 0.4) is 0 Å². The molecule has 0 saturated heterocycles. The summed E-state index contributed by atoms with van der Waals surface area (Å²) in [5.74, 6) is 1.38. The molecule has 0 unspecified atom stereocenters. The van der Waals surface area contributed by atoms with Crippen molar-refractivity contribution in [1.82, 2.24) is 25.1 Å². The number of rotatable bonds is 8. The highest BCUT2D eigenvalue weighted by molar-refractivity contribution is 7.99. The zero-order valence-corrected chi connectivity index (χ0v) is 16.3. The molecule has 7 heteroatoms. The molecule has 0 aliphatic heterocycles. The molecule has 2 heterocycles. The Hall–Kier alpha value is -2.67. The number of nitrogens with one attached hydrogen (secondary N) is 1. The number of carbonyl (C=O) groups is 1. The molecule has 27 heavy (non-hydrogen) atoms. The van der Waals surface area contributed by atoms with Crippen molar-refractivity contribution in [2.75, 3.05) is 12.3 Å². The average molecular weight is 382 g/mol. The summed E-state index contributed by atoms with van der Waals surface area (Å²) < 4.78 is 2.01. The highest BCUT2D eigenvalue weighted by Gasteiger charge is 2.15. The summed E-state index contributed by atoms with van der Waals surface area (Å²) in [7, 11) is 0. The molecule has 1 aromatic carbocycles. The molecule has 6 nitrogen and oxygen atoms in total. The van der Waals surface area contributed by atoms with E-state index in [0.717, 1.165) is 23.1 Å². The first kappa shape index (κ1) is 19.1. The van der Waals surface area contributed by atoms with Gasteiger partial charge in [0.15, 0.2) is 11.0 Å². The lowest BCUT2D eigenvalue weighted by Gasteiger charge is -2.13. The second-order valence-electron chi connectivity index (χ2n) is 6.19. The highest BCUT2D eigenvalue weighted by Crippen LogP contribution is 2.23. The molecule has 3 rings (SSSR count). The number of hydrogen-bond donors (Lipinski definition) is 1. The van der Waals surface area contributed by atoms with Crippen molar-refractivity contribution in [1.29, 1.82) is 0 Å². The third kappa shape index (κ3) is 4.95. The fourth-order valence-corrected chi connectivity index (χ4v) is 3.57. The molecule has 0 aliphatic carbocycles. The Balaban J connectivity index is 1.55. The van der Waals surface area contributed by atoms with Gasteiger partial charge < -0.3 is 9.88 Å². The smallest absolute Gasteiger partial charge is 0.230 e. The SMILES string of the molecule is CCn1c(SCC(=O)NC[C@H](C)c2ccccc2)nnc1-c1ccncc1. The van der Waals surface area contributed by atoms with Gasteiger partial charge >= 0.3 is 0 Å². The van der Waals surface area contributed by atoms with E-state index in [-0.39, 0.29) is 11.8 Å². The van der Waals surface area contributed by atoms with Crippen molar-refractivity contribution < 1.29 is 4.79 Å². The molecular weight excluding hydrogens is 358 g/mol. The Bertz CT molecular complexity index is 867. The molecule has 1 atom stereocenters. The van der Waals surface area contributed by atoms with Crippen LogP contribution in [0.1, 0.15) is 25.3 Å². The quantitative estimate of drug-likeness (QED) is 0.606. The Labute approximate surface area is 163 Å². The van der Waals surface area contributed by atoms with E-state index < -0.39 is 0 Å². The minimum absolute atomic E-state index is 0.00102. The largest absolute Gasteiger partial charge is 0.355 e. The fourth-order valence-electron chi connectivity index (χ4n) is 2.74. The lowest BCUT2D eigenvalue weighted by atomic mass is 10.0. The van der Waals surface area contributed by atoms with Gasteiger partial charge in [-0.25, -0.2) is 0 Å². The van der Waals surface area contributed by atoms with Crippen LogP contribution >= 0.6 is 11.8 Å². The van der Waals surface area contributed by atoms with Crippen LogP contribution in [0.25, 0.3) is 11.4 Å². The van der Waals surface area contributed by atoms with E-state index in [4.69, 9.17) is 0 Å². The summed E-state index contributed by atoms with van der Waals surface area (Å²) in [6.07, 6.45) is 3.47. The van der Waals surface area contributed by atoms with Crippen molar-refractivity contribution in [3.63, 3.8) is 0 Å². The summed E-state index contributed by atoms with van der Waals surface area (Å²) in [6.45, 7) is 5.50. The van der Waals surface area contributed by atoms with Gasteiger partial charge in [-0.2, -0.15) is 0 Å². The van der Waals surface area contributed by atoms with Crippen LogP contribution in [0, 0.1) is 0 Å². The molecule has 140 valence electrons. The standard InChI is InChI=1S/C20H23N5OS/c1-3-25-19(17-9-11-21-12-10-17)23-24-20(25)27-14-18(26)22-13-15(2)16-7-5-4-6-8-16/h4-12,15H,3,13-14H2,1-2H3,(H,22,26)/t15-/m0/s1. The maximum absolute atomic E-state index is 12.2. The Morgan fingerprint density at radius 2 is 1.89 bits per heavy atom. The van der Waals surface area contributed by atoms with Gasteiger partial charge in [0.1, 0.15) is 0 Å². The van der Waals surface area contributed by atoms with E-state index in [1.807, 2.05) is 41.8 Å². The summed E-state index contributed by atoms with van der Waals surface area (Å²) >= 11 is 1.40. The number of benzene rings is 1. The summed E-state index contributed by atoms with van der Waals surface area (Å²) in [5.41, 5.74) is 2.19. The van der Waals surface area contributed by atoms with Crippen molar-refractivity contribution in [2.45, 2.75) is 31.5 Å². The maximum Gasteiger partial charge on any atom is 0.230 e. The van der Waals surface area contributed by atoms with Crippen LogP contribution in [-0.2, 0) is 11.3 Å². The number of nitrogens with zero attached hydrogens (tertiary/aromatic N) is 4. The number of amides is 1. The molecule has 0 radical (unpaired) electrons. The second kappa shape index (κ2) is 9.32. The van der Waals surface area contributed by atoms with Gasteiger partial charge in [0.05, 0.1) is 5.75 Å². The van der Waals surface area contributed by atoms with Gasteiger partial charge in [0, 0.05) is 31.0 Å². The second-order valence-corrected chi connectivity index (χ2v) is 7.13. The van der Waals surface area contributed by atoms with E-state index in [2.05, 4.69) is 39.6 Å². The van der Waals surface area contributed by atoms with Crippen LogP contribution in [-0.4, -0.2) is 38.0 Å². The van der Waals surface area contributed by atoms with Crippen molar-refractivity contribution in [3.8, 4) is 11.4 Å². The molecule has 0 fully saturated rings. The number of carbonyl (C=O) groups excluding carboxylic acids is 1. The predicted molar refractivity (Wildman–Crippen MR) is 108 cm³/mol. The monoisotopic (exact) mass is 381 g/mol. The number of hydrogen-bond acceptors (Lipinski definition) is 5. The van der Waals surface area contributed by atoms with Gasteiger partial charge in [-0.05, 0) is 30.5 Å². The van der Waals surface area contributed by atoms with E-state index in [1.54, 1.807) is 12.4 Å². The molecular formula is C20H23N5OS. The normalized spacial score (nSPS) is 11.9. The van der Waals surface area contributed by atoms with E-state index >= 15 is 0 Å². The van der Waals surface area contributed by atoms with Crippen molar-refractivity contribution in [3.05, 3.63) is 60.4 Å². The lowest BCUT2D eigenvalue weighted by molar-refractivity contribution is -0.118. The van der Waals surface area contributed by atoms with E-state index in [9.17, 15) is 4.79 Å². The zero-order valence-electron chi connectivity index (χ0n) is 15.5. The lowest BCUT2D eigenvalue weighted by Crippen LogP contribution is -2.29. The van der Waals surface area contributed by atoms with Gasteiger partial charge in [-0.3, -0.25) is 9.78 Å². The predicted octanol–water partition coefficient (Wildman–Crippen LogP) is 3.37. The Morgan fingerprint density at radius 3 is 2.59 bits per heavy atom. The first-order chi connectivity index (χ1) is 13.2. The molecule has 0 spiro atoms. The van der Waals surface area contributed by atoms with E-state index in [1.165, 1.54) is 17.3 Å². The molecule has 0 bridgehead atoms. The summed E-state index contributed by atoms with van der Waals surface area (Å²) in [4.78, 5) is 16.3. The van der Waals surface area contributed by atoms with Crippen LogP contribution in [0.2, 0.25) is 0 Å². The number of pyridine rings is 1. The average Bonchev–Trinajstić information content (AvgIpc) is 3.14. The topological polar surface area (TPSA) is 72.7 Å². The first-order valence-corrected chi connectivity index (χ1v) is 9.95. The first-order valence-electron chi connectivity index (χ1n) is 8.97. The number of thioether (sulfide) groups is 1. The van der Waals surface area contributed by atoms with Crippen LogP contribution < -0.4 is 5.32 Å². The van der Waals surface area contributed by atoms with Crippen molar-refractivity contribution in [2.24, 2.45) is 0 Å². The molecule has 0 aliphatic rings. The third-order valence-corrected chi connectivity index (χ3v) is 5.24. The van der Waals surface area contributed by atoms with Crippen LogP contribution in [0.4, 0.5) is 0 Å². The van der Waals surface area contributed by atoms with E-state index in [0.29, 0.717) is 12.3 Å². The van der Waals surface area contributed by atoms with Crippen molar-refractivity contribution >= 4 is 17.7 Å². The highest BCUT2D eigenvalue weighted by atomic mass is 32.2. The van der Waals surface area contributed by atoms with Crippen LogP contribution in [0.15, 0.2) is 60.0 Å². The minimum Gasteiger partial charge on any atom is -0.355 e. The molecule has 3 aromatic rings. The Morgan fingerprint density at radius 1 is 1.15 bits per heavy atom. The third-order valence-electron chi connectivity index (χ3n) is 4.28. The maximum atomic E-state index is 12.2. The molecule has 1 amide bonds. The Kier molecular flexibility index (Phi) is 6.59. The van der Waals surface area contributed by atoms with Gasteiger partial charge in [-0.15, -0.1) is 10.2 Å². The fraction of sp³-hybridized carbons (Fsp3) is 0.300. The molecule has 0 saturated carbocycles. The zero-order chi connectivity index (χ0) is 19.1.